The number of benzene rings is 1. The molecule has 1 N–H and O–H groups in total. The van der Waals surface area contributed by atoms with Gasteiger partial charge >= 0.3 is 5.69 Å². The van der Waals surface area contributed by atoms with Gasteiger partial charge in [-0.15, -0.1) is 0 Å². The summed E-state index contributed by atoms with van der Waals surface area (Å²) in [6.07, 6.45) is 1.46. The van der Waals surface area contributed by atoms with E-state index >= 15 is 0 Å². The number of carbonyl (C=O) groups is 1. The zero-order valence-corrected chi connectivity index (χ0v) is 12.4. The number of hydrazone groups is 1. The van der Waals surface area contributed by atoms with Crippen molar-refractivity contribution in [3.63, 3.8) is 0 Å². The molecular weight excluding hydrogens is 286 g/mol. The Bertz CT molecular complexity index is 747. The van der Waals surface area contributed by atoms with Gasteiger partial charge in [-0.25, -0.2) is 5.43 Å². The number of amides is 1. The number of nitrogens with one attached hydrogen (secondary N) is 1. The first-order chi connectivity index (χ1) is 10.4. The third-order valence-corrected chi connectivity index (χ3v) is 3.05. The quantitative estimate of drug-likeness (QED) is 0.527. The molecule has 2 aromatic rings. The molecule has 1 heterocycles. The minimum atomic E-state index is -0.682. The van der Waals surface area contributed by atoms with Gasteiger partial charge in [-0.05, 0) is 19.4 Å². The molecule has 1 amide bonds. The molecule has 114 valence electrons. The molecule has 0 unspecified atom stereocenters. The molecule has 8 nitrogen and oxygen atoms in total. The molecule has 0 bridgehead atoms. The molecule has 0 radical (unpaired) electrons. The summed E-state index contributed by atoms with van der Waals surface area (Å²) in [6, 6.07) is 7.53. The van der Waals surface area contributed by atoms with Crippen LogP contribution in [0.25, 0.3) is 0 Å². The molecule has 0 fully saturated rings. The van der Waals surface area contributed by atoms with E-state index in [9.17, 15) is 14.9 Å². The fourth-order valence-electron chi connectivity index (χ4n) is 1.99. The van der Waals surface area contributed by atoms with Crippen LogP contribution in [0.4, 0.5) is 5.69 Å². The lowest BCUT2D eigenvalue weighted by Gasteiger charge is -2.00. The van der Waals surface area contributed by atoms with Crippen molar-refractivity contribution in [2.24, 2.45) is 12.1 Å². The Balaban J connectivity index is 2.16. The fourth-order valence-corrected chi connectivity index (χ4v) is 1.99. The second-order valence-corrected chi connectivity index (χ2v) is 4.77. The minimum Gasteiger partial charge on any atom is -0.265 e. The fraction of sp³-hybridized carbons (Fsp3) is 0.214. The van der Waals surface area contributed by atoms with Crippen LogP contribution in [0.2, 0.25) is 0 Å². The number of hydrogen-bond donors (Lipinski definition) is 1. The van der Waals surface area contributed by atoms with Crippen molar-refractivity contribution in [3.05, 3.63) is 56.9 Å². The van der Waals surface area contributed by atoms with E-state index in [-0.39, 0.29) is 17.1 Å². The molecule has 0 saturated carbocycles. The predicted molar refractivity (Wildman–Crippen MR) is 80.8 cm³/mol. The maximum atomic E-state index is 12.1. The van der Waals surface area contributed by atoms with Gasteiger partial charge in [0.05, 0.1) is 11.1 Å². The first-order valence-electron chi connectivity index (χ1n) is 6.48. The van der Waals surface area contributed by atoms with Crippen LogP contribution in [0.15, 0.2) is 29.4 Å². The molecular formula is C14H15N5O3. The summed E-state index contributed by atoms with van der Waals surface area (Å²) in [4.78, 5) is 22.5. The van der Waals surface area contributed by atoms with Crippen molar-refractivity contribution < 1.29 is 9.72 Å². The summed E-state index contributed by atoms with van der Waals surface area (Å²) in [5.74, 6) is -0.682. The van der Waals surface area contributed by atoms with Gasteiger partial charge in [-0.3, -0.25) is 19.6 Å². The summed E-state index contributed by atoms with van der Waals surface area (Å²) in [5, 5.41) is 18.7. The number of hydrogen-bond acceptors (Lipinski definition) is 5. The Morgan fingerprint density at radius 3 is 2.59 bits per heavy atom. The third kappa shape index (κ3) is 3.17. The average molecular weight is 301 g/mol. The van der Waals surface area contributed by atoms with Crippen LogP contribution >= 0.6 is 0 Å². The number of rotatable bonds is 4. The van der Waals surface area contributed by atoms with Crippen LogP contribution in [0.5, 0.6) is 0 Å². The van der Waals surface area contributed by atoms with Crippen LogP contribution in [0.1, 0.15) is 27.3 Å². The van der Waals surface area contributed by atoms with Crippen molar-refractivity contribution in [1.82, 2.24) is 15.2 Å². The van der Waals surface area contributed by atoms with Gasteiger partial charge in [0.2, 0.25) is 5.69 Å². The third-order valence-electron chi connectivity index (χ3n) is 3.05. The van der Waals surface area contributed by atoms with Gasteiger partial charge in [-0.1, -0.05) is 29.8 Å². The van der Waals surface area contributed by atoms with E-state index in [0.717, 1.165) is 11.1 Å². The van der Waals surface area contributed by atoms with Gasteiger partial charge in [0, 0.05) is 7.05 Å². The van der Waals surface area contributed by atoms with Crippen molar-refractivity contribution in [3.8, 4) is 0 Å². The van der Waals surface area contributed by atoms with Gasteiger partial charge in [0.1, 0.15) is 5.69 Å². The van der Waals surface area contributed by atoms with E-state index in [4.69, 9.17) is 0 Å². The van der Waals surface area contributed by atoms with Gasteiger partial charge in [0.15, 0.2) is 0 Å². The van der Waals surface area contributed by atoms with E-state index in [1.54, 1.807) is 0 Å². The Morgan fingerprint density at radius 1 is 1.36 bits per heavy atom. The van der Waals surface area contributed by atoms with E-state index in [0.29, 0.717) is 0 Å². The molecule has 1 aromatic heterocycles. The van der Waals surface area contributed by atoms with E-state index in [2.05, 4.69) is 15.6 Å². The topological polar surface area (TPSA) is 102 Å². The highest BCUT2D eigenvalue weighted by Gasteiger charge is 2.28. The van der Waals surface area contributed by atoms with Crippen LogP contribution < -0.4 is 5.43 Å². The smallest absolute Gasteiger partial charge is 0.265 e. The molecule has 2 rings (SSSR count). The highest BCUT2D eigenvalue weighted by atomic mass is 16.6. The summed E-state index contributed by atoms with van der Waals surface area (Å²) in [7, 11) is 1.47. The largest absolute Gasteiger partial charge is 0.322 e. The summed E-state index contributed by atoms with van der Waals surface area (Å²) >= 11 is 0. The monoisotopic (exact) mass is 301 g/mol. The molecule has 0 aliphatic rings. The number of nitrogens with zero attached hydrogens (tertiary/aromatic N) is 4. The highest BCUT2D eigenvalue weighted by molar-refractivity contribution is 5.97. The normalized spacial score (nSPS) is 10.9. The molecule has 22 heavy (non-hydrogen) atoms. The Morgan fingerprint density at radius 2 is 2.00 bits per heavy atom. The Kier molecular flexibility index (Phi) is 4.31. The van der Waals surface area contributed by atoms with Crippen molar-refractivity contribution >= 4 is 17.8 Å². The Hall–Kier alpha value is -3.03. The molecule has 8 heteroatoms. The number of aryl methyl sites for hydroxylation is 3. The summed E-state index contributed by atoms with van der Waals surface area (Å²) in [6.45, 7) is 3.44. The predicted octanol–water partition coefficient (Wildman–Crippen LogP) is 1.71. The van der Waals surface area contributed by atoms with Crippen LogP contribution in [-0.4, -0.2) is 26.8 Å². The highest BCUT2D eigenvalue weighted by Crippen LogP contribution is 2.21. The SMILES string of the molecule is Cc1ccc(/C=N\NC(=O)c2c([N+](=O)[O-])c(C)nn2C)cc1. The molecule has 0 aliphatic carbocycles. The number of aromatic nitrogens is 2. The first kappa shape index (κ1) is 15.4. The van der Waals surface area contributed by atoms with E-state index in [1.807, 2.05) is 31.2 Å². The van der Waals surface area contributed by atoms with Crippen LogP contribution in [0, 0.1) is 24.0 Å². The zero-order valence-electron chi connectivity index (χ0n) is 12.4. The second kappa shape index (κ2) is 6.17. The standard InChI is InChI=1S/C14H15N5O3/c1-9-4-6-11(7-5-9)8-15-16-14(20)13-12(19(21)22)10(2)17-18(13)3/h4-8H,1-3H3,(H,16,20)/b15-8-. The van der Waals surface area contributed by atoms with Crippen molar-refractivity contribution in [2.75, 3.05) is 0 Å². The van der Waals surface area contributed by atoms with Gasteiger partial charge in [0.25, 0.3) is 5.91 Å². The average Bonchev–Trinajstić information content (AvgIpc) is 2.75. The first-order valence-corrected chi connectivity index (χ1v) is 6.48. The zero-order chi connectivity index (χ0) is 16.3. The second-order valence-electron chi connectivity index (χ2n) is 4.77. The van der Waals surface area contributed by atoms with Crippen molar-refractivity contribution in [1.29, 1.82) is 0 Å². The molecule has 1 aromatic carbocycles. The summed E-state index contributed by atoms with van der Waals surface area (Å²) in [5.41, 5.74) is 3.93. The van der Waals surface area contributed by atoms with Crippen LogP contribution in [0.3, 0.4) is 0 Å². The molecule has 0 spiro atoms. The van der Waals surface area contributed by atoms with Crippen LogP contribution in [-0.2, 0) is 7.05 Å². The van der Waals surface area contributed by atoms with Gasteiger partial charge in [-0.2, -0.15) is 10.2 Å². The minimum absolute atomic E-state index is 0.136. The molecule has 0 aliphatic heterocycles. The maximum absolute atomic E-state index is 12.1. The lowest BCUT2D eigenvalue weighted by atomic mass is 10.2. The van der Waals surface area contributed by atoms with Crippen molar-refractivity contribution in [2.45, 2.75) is 13.8 Å². The van der Waals surface area contributed by atoms with E-state index in [1.165, 1.54) is 24.9 Å². The Labute approximate surface area is 126 Å². The number of nitro groups is 1. The van der Waals surface area contributed by atoms with E-state index < -0.39 is 10.8 Å². The van der Waals surface area contributed by atoms with Gasteiger partial charge < -0.3 is 0 Å². The molecule has 0 saturated heterocycles. The lowest BCUT2D eigenvalue weighted by Crippen LogP contribution is -2.22. The summed E-state index contributed by atoms with van der Waals surface area (Å²) < 4.78 is 1.17. The lowest BCUT2D eigenvalue weighted by molar-refractivity contribution is -0.385. The number of carbonyl (C=O) groups excluding carboxylic acids is 1. The molecule has 0 atom stereocenters. The maximum Gasteiger partial charge on any atom is 0.322 e.